The molecule has 45 heavy (non-hydrogen) atoms. The van der Waals surface area contributed by atoms with E-state index in [4.69, 9.17) is 4.74 Å². The smallest absolute Gasteiger partial charge is 0.211 e. The summed E-state index contributed by atoms with van der Waals surface area (Å²) in [5.41, 5.74) is 3.07. The van der Waals surface area contributed by atoms with Gasteiger partial charge in [0, 0.05) is 25.0 Å². The van der Waals surface area contributed by atoms with E-state index in [0.29, 0.717) is 34.0 Å². The number of hydrogen-bond acceptors (Lipinski definition) is 7. The summed E-state index contributed by atoms with van der Waals surface area (Å²) in [5.74, 6) is -0.0951. The van der Waals surface area contributed by atoms with Crippen molar-refractivity contribution in [2.45, 2.75) is 13.8 Å². The van der Waals surface area contributed by atoms with Crippen LogP contribution in [0.25, 0.3) is 11.4 Å². The minimum absolute atomic E-state index is 0.202. The van der Waals surface area contributed by atoms with Crippen molar-refractivity contribution in [3.05, 3.63) is 155 Å². The van der Waals surface area contributed by atoms with Gasteiger partial charge in [0.15, 0.2) is 11.6 Å². The second kappa shape index (κ2) is 12.2. The van der Waals surface area contributed by atoms with Crippen LogP contribution in [0, 0.1) is 0 Å². The summed E-state index contributed by atoms with van der Waals surface area (Å²) >= 11 is 0. The van der Waals surface area contributed by atoms with Gasteiger partial charge in [0.25, 0.3) is 0 Å². The highest BCUT2D eigenvalue weighted by molar-refractivity contribution is 6.10. The molecule has 0 atom stereocenters. The minimum atomic E-state index is -0.295. The summed E-state index contributed by atoms with van der Waals surface area (Å²) in [7, 11) is 0. The van der Waals surface area contributed by atoms with Crippen LogP contribution in [-0.2, 0) is 0 Å². The van der Waals surface area contributed by atoms with Gasteiger partial charge in [-0.3, -0.25) is 19.2 Å². The molecule has 0 aliphatic carbocycles. The van der Waals surface area contributed by atoms with E-state index in [1.807, 2.05) is 60.7 Å². The molecule has 0 bridgehead atoms. The molecule has 0 fully saturated rings. The summed E-state index contributed by atoms with van der Waals surface area (Å²) in [4.78, 5) is 50.9. The summed E-state index contributed by atoms with van der Waals surface area (Å²) in [6.45, 7) is 2.81. The zero-order valence-electron chi connectivity index (χ0n) is 24.4. The van der Waals surface area contributed by atoms with E-state index < -0.39 is 0 Å². The number of ketones is 4. The lowest BCUT2D eigenvalue weighted by Gasteiger charge is -2.09. The Labute approximate surface area is 258 Å². The Balaban J connectivity index is 1.19. The van der Waals surface area contributed by atoms with E-state index in [-0.39, 0.29) is 45.9 Å². The predicted octanol–water partition coefficient (Wildman–Crippen LogP) is 6.72. The minimum Gasteiger partial charge on any atom is -0.457 e. The molecule has 0 amide bonds. The van der Waals surface area contributed by atoms with Crippen LogP contribution in [-0.4, -0.2) is 42.7 Å². The molecule has 2 heterocycles. The van der Waals surface area contributed by atoms with Crippen LogP contribution < -0.4 is 4.74 Å². The van der Waals surface area contributed by atoms with E-state index in [1.54, 1.807) is 48.5 Å². The monoisotopic (exact) mass is 594 g/mol. The average Bonchev–Trinajstić information content (AvgIpc) is 3.72. The van der Waals surface area contributed by atoms with Crippen molar-refractivity contribution >= 4 is 23.1 Å². The van der Waals surface area contributed by atoms with Crippen molar-refractivity contribution < 1.29 is 23.9 Å². The van der Waals surface area contributed by atoms with E-state index in [1.165, 1.54) is 35.3 Å². The first-order chi connectivity index (χ1) is 21.8. The number of benzene rings is 4. The molecule has 9 nitrogen and oxygen atoms in total. The van der Waals surface area contributed by atoms with Crippen molar-refractivity contribution in [3.8, 4) is 22.9 Å². The first kappa shape index (κ1) is 28.9. The number of aromatic nitrogens is 4. The van der Waals surface area contributed by atoms with Gasteiger partial charge in [-0.2, -0.15) is 10.2 Å². The van der Waals surface area contributed by atoms with Gasteiger partial charge in [-0.25, -0.2) is 9.36 Å². The first-order valence-corrected chi connectivity index (χ1v) is 14.1. The van der Waals surface area contributed by atoms with Crippen LogP contribution in [0.2, 0.25) is 0 Å². The maximum atomic E-state index is 13.4. The third-order valence-corrected chi connectivity index (χ3v) is 7.08. The third kappa shape index (κ3) is 6.00. The summed E-state index contributed by atoms with van der Waals surface area (Å²) in [5, 5.41) is 8.69. The number of para-hydroxylation sites is 2. The van der Waals surface area contributed by atoms with Crippen molar-refractivity contribution in [1.82, 2.24) is 19.6 Å². The van der Waals surface area contributed by atoms with E-state index >= 15 is 0 Å². The molecule has 6 rings (SSSR count). The molecular formula is C36H26N4O5. The molecule has 0 aliphatic rings. The van der Waals surface area contributed by atoms with E-state index in [0.717, 1.165) is 0 Å². The maximum absolute atomic E-state index is 13.4. The molecular weight excluding hydrogens is 568 g/mol. The molecule has 6 aromatic rings. The zero-order valence-corrected chi connectivity index (χ0v) is 24.4. The number of Topliss-reactive ketones (excluding diaryl/α,β-unsaturated/α-hetero) is 2. The molecule has 0 N–H and O–H groups in total. The number of hydrogen-bond donors (Lipinski definition) is 0. The fourth-order valence-corrected chi connectivity index (χ4v) is 4.74. The lowest BCUT2D eigenvalue weighted by atomic mass is 10.1. The van der Waals surface area contributed by atoms with Crippen molar-refractivity contribution in [2.75, 3.05) is 0 Å². The number of nitrogens with zero attached hydrogens (tertiary/aromatic N) is 4. The maximum Gasteiger partial charge on any atom is 0.211 e. The quantitative estimate of drug-likeness (QED) is 0.162. The summed E-state index contributed by atoms with van der Waals surface area (Å²) in [6.07, 6.45) is 0. The van der Waals surface area contributed by atoms with Crippen LogP contribution >= 0.6 is 0 Å². The van der Waals surface area contributed by atoms with E-state index in [9.17, 15) is 19.2 Å². The highest BCUT2D eigenvalue weighted by Gasteiger charge is 2.21. The molecule has 0 spiro atoms. The fourth-order valence-electron chi connectivity index (χ4n) is 4.74. The largest absolute Gasteiger partial charge is 0.457 e. The normalized spacial score (nSPS) is 10.8. The molecule has 0 aliphatic heterocycles. The molecule has 0 radical (unpaired) electrons. The van der Waals surface area contributed by atoms with Gasteiger partial charge in [-0.15, -0.1) is 0 Å². The Morgan fingerprint density at radius 3 is 1.20 bits per heavy atom. The van der Waals surface area contributed by atoms with Crippen LogP contribution in [0.15, 0.2) is 121 Å². The van der Waals surface area contributed by atoms with Gasteiger partial charge in [-0.1, -0.05) is 36.4 Å². The van der Waals surface area contributed by atoms with Gasteiger partial charge >= 0.3 is 0 Å². The van der Waals surface area contributed by atoms with Crippen LogP contribution in [0.1, 0.15) is 66.9 Å². The first-order valence-electron chi connectivity index (χ1n) is 14.1. The van der Waals surface area contributed by atoms with Crippen LogP contribution in [0.3, 0.4) is 0 Å². The fraction of sp³-hybridized carbons (Fsp3) is 0.0556. The van der Waals surface area contributed by atoms with Gasteiger partial charge in [0.2, 0.25) is 11.6 Å². The van der Waals surface area contributed by atoms with E-state index in [2.05, 4.69) is 10.2 Å². The Morgan fingerprint density at radius 2 is 0.867 bits per heavy atom. The third-order valence-electron chi connectivity index (χ3n) is 7.08. The summed E-state index contributed by atoms with van der Waals surface area (Å²) < 4.78 is 8.91. The van der Waals surface area contributed by atoms with Crippen LogP contribution in [0.4, 0.5) is 0 Å². The highest BCUT2D eigenvalue weighted by atomic mass is 16.5. The van der Waals surface area contributed by atoms with Crippen molar-refractivity contribution in [3.63, 3.8) is 0 Å². The molecule has 4 aromatic carbocycles. The average molecular weight is 595 g/mol. The SMILES string of the molecule is CC(=O)c1cc(C(=O)c2ccc(Oc3ccc(C(=O)c4cc(C(C)=O)nn4-c4ccccc4)cc3)cc2)n(-c2ccccc2)n1. The Bertz CT molecular complexity index is 1890. The number of carbonyl (C=O) groups is 4. The highest BCUT2D eigenvalue weighted by Crippen LogP contribution is 2.25. The lowest BCUT2D eigenvalue weighted by Crippen LogP contribution is -2.10. The number of rotatable bonds is 10. The number of carbonyl (C=O) groups excluding carboxylic acids is 4. The molecule has 0 saturated carbocycles. The second-order valence-corrected chi connectivity index (χ2v) is 10.2. The summed E-state index contributed by atoms with van der Waals surface area (Å²) in [6, 6.07) is 34.5. The molecule has 220 valence electrons. The lowest BCUT2D eigenvalue weighted by molar-refractivity contribution is 0.1000. The number of ether oxygens (including phenoxy) is 1. The van der Waals surface area contributed by atoms with Crippen LogP contribution in [0.5, 0.6) is 11.5 Å². The topological polar surface area (TPSA) is 113 Å². The predicted molar refractivity (Wildman–Crippen MR) is 167 cm³/mol. The standard InChI is InChI=1S/C36H26N4O5/c1-23(41)31-21-33(39(37-31)27-9-5-3-6-10-27)35(43)25-13-17-29(18-14-25)45-30-19-15-26(16-20-30)36(44)34-22-32(24(2)42)38-40(34)28-11-7-4-8-12-28/h3-22H,1-2H3. The Kier molecular flexibility index (Phi) is 7.82. The molecule has 0 saturated heterocycles. The zero-order chi connectivity index (χ0) is 31.5. The van der Waals surface area contributed by atoms with Gasteiger partial charge in [-0.05, 0) is 84.9 Å². The Morgan fingerprint density at radius 1 is 0.511 bits per heavy atom. The second-order valence-electron chi connectivity index (χ2n) is 10.2. The molecule has 2 aromatic heterocycles. The van der Waals surface area contributed by atoms with Gasteiger partial charge in [0.05, 0.1) is 11.4 Å². The molecule has 9 heteroatoms. The molecule has 0 unspecified atom stereocenters. The van der Waals surface area contributed by atoms with Crippen molar-refractivity contribution in [1.29, 1.82) is 0 Å². The Hall–Kier alpha value is -6.22. The van der Waals surface area contributed by atoms with Crippen molar-refractivity contribution in [2.24, 2.45) is 0 Å². The van der Waals surface area contributed by atoms with Gasteiger partial charge in [0.1, 0.15) is 34.3 Å². The van der Waals surface area contributed by atoms with Gasteiger partial charge < -0.3 is 4.74 Å².